The van der Waals surface area contributed by atoms with Crippen LogP contribution in [-0.4, -0.2) is 20.5 Å². The fourth-order valence-electron chi connectivity index (χ4n) is 4.46. The van der Waals surface area contributed by atoms with E-state index in [1.165, 1.54) is 21.1 Å². The average molecular weight is 423 g/mol. The van der Waals surface area contributed by atoms with Crippen molar-refractivity contribution in [2.75, 3.05) is 0 Å². The Labute approximate surface area is 185 Å². The molecule has 5 rings (SSSR count). The van der Waals surface area contributed by atoms with Crippen molar-refractivity contribution in [3.8, 4) is 0 Å². The normalized spacial score (nSPS) is 19.0. The van der Waals surface area contributed by atoms with Gasteiger partial charge in [-0.3, -0.25) is 0 Å². The Balaban J connectivity index is 1.57. The summed E-state index contributed by atoms with van der Waals surface area (Å²) in [7, 11) is -2.72. The van der Waals surface area contributed by atoms with E-state index >= 15 is 0 Å². The third kappa shape index (κ3) is 3.88. The van der Waals surface area contributed by atoms with Crippen LogP contribution in [0.2, 0.25) is 0 Å². The Morgan fingerprint density at radius 2 is 1.00 bits per heavy atom. The number of hydrogen-bond donors (Lipinski definition) is 0. The van der Waals surface area contributed by atoms with E-state index in [9.17, 15) is 0 Å². The summed E-state index contributed by atoms with van der Waals surface area (Å²) in [4.78, 5) is 0. The number of ether oxygens (including phenoxy) is 1. The van der Waals surface area contributed by atoms with Gasteiger partial charge in [-0.15, -0.1) is 0 Å². The van der Waals surface area contributed by atoms with Crippen LogP contribution in [0.1, 0.15) is 18.6 Å². The van der Waals surface area contributed by atoms with Gasteiger partial charge in [0, 0.05) is 0 Å². The van der Waals surface area contributed by atoms with E-state index in [1.54, 1.807) is 0 Å². The highest BCUT2D eigenvalue weighted by Crippen LogP contribution is 2.42. The summed E-state index contributed by atoms with van der Waals surface area (Å²) in [6.07, 6.45) is 0.119. The van der Waals surface area contributed by atoms with Crippen molar-refractivity contribution in [1.82, 2.24) is 0 Å². The summed E-state index contributed by atoms with van der Waals surface area (Å²) in [5.74, 6) is 0. The van der Waals surface area contributed by atoms with E-state index in [0.29, 0.717) is 0 Å². The Kier molecular flexibility index (Phi) is 5.56. The number of rotatable bonds is 7. The van der Waals surface area contributed by atoms with Gasteiger partial charge in [-0.1, -0.05) is 121 Å². The summed E-state index contributed by atoms with van der Waals surface area (Å²) in [5, 5.41) is 3.74. The standard InChI is InChI=1S/C28H26O2Si/c1-22(27-28(29-27)23-14-6-2-7-15-23)30-31(24-16-8-3-9-17-24,25-18-10-4-11-19-25)26-20-12-5-13-21-26/h2-22,27-28H,1H3. The molecule has 1 aliphatic heterocycles. The molecule has 3 heteroatoms. The van der Waals surface area contributed by atoms with Crippen molar-refractivity contribution >= 4 is 23.9 Å². The quantitative estimate of drug-likeness (QED) is 0.253. The van der Waals surface area contributed by atoms with Crippen molar-refractivity contribution in [3.63, 3.8) is 0 Å². The second-order valence-electron chi connectivity index (χ2n) is 8.03. The first-order valence-electron chi connectivity index (χ1n) is 10.8. The van der Waals surface area contributed by atoms with Gasteiger partial charge in [-0.25, -0.2) is 0 Å². The highest BCUT2D eigenvalue weighted by Gasteiger charge is 2.50. The lowest BCUT2D eigenvalue weighted by Gasteiger charge is -2.35. The molecule has 1 saturated heterocycles. The Hall–Kier alpha value is -2.98. The van der Waals surface area contributed by atoms with Gasteiger partial charge in [0.1, 0.15) is 12.2 Å². The average Bonchev–Trinajstić information content (AvgIpc) is 3.66. The molecule has 4 aromatic rings. The molecule has 0 amide bonds. The number of epoxide rings is 1. The van der Waals surface area contributed by atoms with Crippen LogP contribution in [0.4, 0.5) is 0 Å². The lowest BCUT2D eigenvalue weighted by Crippen LogP contribution is -2.70. The fourth-order valence-corrected chi connectivity index (χ4v) is 8.55. The first-order chi connectivity index (χ1) is 15.3. The zero-order valence-corrected chi connectivity index (χ0v) is 18.6. The SMILES string of the molecule is CC(O[Si](c1ccccc1)(c1ccccc1)c1ccccc1)C1OC1c1ccccc1. The second-order valence-corrected chi connectivity index (χ2v) is 11.4. The van der Waals surface area contributed by atoms with E-state index < -0.39 is 8.32 Å². The molecule has 0 N–H and O–H groups in total. The van der Waals surface area contributed by atoms with Crippen molar-refractivity contribution in [2.24, 2.45) is 0 Å². The van der Waals surface area contributed by atoms with Crippen LogP contribution in [0.3, 0.4) is 0 Å². The minimum Gasteiger partial charge on any atom is -0.399 e. The molecule has 31 heavy (non-hydrogen) atoms. The van der Waals surface area contributed by atoms with Gasteiger partial charge in [-0.2, -0.15) is 0 Å². The van der Waals surface area contributed by atoms with Gasteiger partial charge in [0.15, 0.2) is 0 Å². The van der Waals surface area contributed by atoms with Crippen LogP contribution in [-0.2, 0) is 9.16 Å². The first-order valence-corrected chi connectivity index (χ1v) is 12.7. The molecular formula is C28H26O2Si. The van der Waals surface area contributed by atoms with Crippen LogP contribution in [0.5, 0.6) is 0 Å². The maximum absolute atomic E-state index is 7.19. The second kappa shape index (κ2) is 8.64. The third-order valence-corrected chi connectivity index (χ3v) is 10.2. The largest absolute Gasteiger partial charge is 0.399 e. The Morgan fingerprint density at radius 3 is 1.42 bits per heavy atom. The fraction of sp³-hybridized carbons (Fsp3) is 0.143. The predicted octanol–water partition coefficient (Wildman–Crippen LogP) is 4.20. The first kappa shape index (κ1) is 19.9. The maximum Gasteiger partial charge on any atom is 0.288 e. The molecule has 0 spiro atoms. The van der Waals surface area contributed by atoms with Crippen LogP contribution in [0.15, 0.2) is 121 Å². The predicted molar refractivity (Wildman–Crippen MR) is 129 cm³/mol. The summed E-state index contributed by atoms with van der Waals surface area (Å²) >= 11 is 0. The zero-order valence-electron chi connectivity index (χ0n) is 17.6. The Morgan fingerprint density at radius 1 is 0.613 bits per heavy atom. The van der Waals surface area contributed by atoms with Crippen molar-refractivity contribution in [3.05, 3.63) is 127 Å². The molecule has 1 heterocycles. The maximum atomic E-state index is 7.19. The highest BCUT2D eigenvalue weighted by molar-refractivity contribution is 7.07. The van der Waals surface area contributed by atoms with Crippen molar-refractivity contribution in [1.29, 1.82) is 0 Å². The molecule has 0 radical (unpaired) electrons. The monoisotopic (exact) mass is 422 g/mol. The Bertz CT molecular complexity index is 1000. The molecule has 0 saturated carbocycles. The molecule has 1 fully saturated rings. The molecular weight excluding hydrogens is 396 g/mol. The minimum absolute atomic E-state index is 0.0440. The minimum atomic E-state index is -2.72. The van der Waals surface area contributed by atoms with Gasteiger partial charge in [0.05, 0.1) is 6.10 Å². The molecule has 3 unspecified atom stereocenters. The third-order valence-electron chi connectivity index (χ3n) is 6.02. The van der Waals surface area contributed by atoms with Gasteiger partial charge < -0.3 is 9.16 Å². The van der Waals surface area contributed by atoms with E-state index in [-0.39, 0.29) is 18.3 Å². The van der Waals surface area contributed by atoms with Crippen molar-refractivity contribution < 1.29 is 9.16 Å². The lowest BCUT2D eigenvalue weighted by atomic mass is 10.1. The highest BCUT2D eigenvalue weighted by atomic mass is 28.4. The van der Waals surface area contributed by atoms with Crippen LogP contribution in [0.25, 0.3) is 0 Å². The molecule has 1 aliphatic rings. The smallest absolute Gasteiger partial charge is 0.288 e. The van der Waals surface area contributed by atoms with E-state index in [2.05, 4.69) is 122 Å². The molecule has 3 atom stereocenters. The molecule has 0 aromatic heterocycles. The van der Waals surface area contributed by atoms with E-state index in [1.807, 2.05) is 6.07 Å². The van der Waals surface area contributed by atoms with Crippen LogP contribution in [0, 0.1) is 0 Å². The number of hydrogen-bond acceptors (Lipinski definition) is 2. The molecule has 2 nitrogen and oxygen atoms in total. The molecule has 4 aromatic carbocycles. The summed E-state index contributed by atoms with van der Waals surface area (Å²) in [6, 6.07) is 42.5. The molecule has 154 valence electrons. The van der Waals surface area contributed by atoms with Crippen molar-refractivity contribution in [2.45, 2.75) is 25.2 Å². The van der Waals surface area contributed by atoms with Crippen LogP contribution < -0.4 is 15.6 Å². The molecule has 0 bridgehead atoms. The van der Waals surface area contributed by atoms with E-state index in [0.717, 1.165) is 0 Å². The van der Waals surface area contributed by atoms with Gasteiger partial charge >= 0.3 is 0 Å². The lowest BCUT2D eigenvalue weighted by molar-refractivity contribution is 0.176. The topological polar surface area (TPSA) is 21.8 Å². The van der Waals surface area contributed by atoms with Gasteiger partial charge in [0.2, 0.25) is 0 Å². The molecule has 0 aliphatic carbocycles. The van der Waals surface area contributed by atoms with Crippen LogP contribution >= 0.6 is 0 Å². The summed E-state index contributed by atoms with van der Waals surface area (Å²) in [5.41, 5.74) is 1.22. The van der Waals surface area contributed by atoms with Gasteiger partial charge in [0.25, 0.3) is 8.32 Å². The van der Waals surface area contributed by atoms with E-state index in [4.69, 9.17) is 9.16 Å². The summed E-state index contributed by atoms with van der Waals surface area (Å²) in [6.45, 7) is 2.16. The van der Waals surface area contributed by atoms with Gasteiger partial charge in [-0.05, 0) is 28.0 Å². The zero-order chi connectivity index (χ0) is 21.1. The number of benzene rings is 4. The summed E-state index contributed by atoms with van der Waals surface area (Å²) < 4.78 is 13.3.